The SMILES string of the molecule is Cc1cccc(OCC(=O)NNC(=O)CCSc2ccc(C)c(C)c2)c1. The van der Waals surface area contributed by atoms with Crippen LogP contribution in [0.2, 0.25) is 0 Å². The predicted molar refractivity (Wildman–Crippen MR) is 104 cm³/mol. The van der Waals surface area contributed by atoms with Gasteiger partial charge in [-0.3, -0.25) is 20.4 Å². The van der Waals surface area contributed by atoms with Gasteiger partial charge >= 0.3 is 0 Å². The van der Waals surface area contributed by atoms with E-state index < -0.39 is 5.91 Å². The van der Waals surface area contributed by atoms with Crippen LogP contribution in [0.25, 0.3) is 0 Å². The van der Waals surface area contributed by atoms with Crippen molar-refractivity contribution in [2.75, 3.05) is 12.4 Å². The lowest BCUT2D eigenvalue weighted by Crippen LogP contribution is -2.43. The molecule has 0 saturated carbocycles. The van der Waals surface area contributed by atoms with E-state index in [0.717, 1.165) is 10.5 Å². The van der Waals surface area contributed by atoms with E-state index in [0.29, 0.717) is 17.9 Å². The van der Waals surface area contributed by atoms with E-state index in [-0.39, 0.29) is 12.5 Å². The molecule has 2 aromatic rings. The maximum absolute atomic E-state index is 11.8. The zero-order chi connectivity index (χ0) is 18.9. The largest absolute Gasteiger partial charge is 0.484 e. The molecule has 0 aliphatic carbocycles. The van der Waals surface area contributed by atoms with E-state index in [1.165, 1.54) is 11.1 Å². The molecule has 138 valence electrons. The number of nitrogens with one attached hydrogen (secondary N) is 2. The Kier molecular flexibility index (Phi) is 7.53. The van der Waals surface area contributed by atoms with Crippen molar-refractivity contribution in [2.45, 2.75) is 32.1 Å². The van der Waals surface area contributed by atoms with E-state index in [2.05, 4.69) is 42.9 Å². The molecule has 2 rings (SSSR count). The number of benzene rings is 2. The smallest absolute Gasteiger partial charge is 0.276 e. The molecule has 0 saturated heterocycles. The number of amides is 2. The second-order valence-electron chi connectivity index (χ2n) is 6.05. The number of hydrogen-bond acceptors (Lipinski definition) is 4. The average Bonchev–Trinajstić information content (AvgIpc) is 2.61. The molecule has 0 aliphatic heterocycles. The number of aryl methyl sites for hydroxylation is 3. The van der Waals surface area contributed by atoms with Crippen molar-refractivity contribution in [3.8, 4) is 5.75 Å². The van der Waals surface area contributed by atoms with E-state index in [1.54, 1.807) is 17.8 Å². The quantitative estimate of drug-likeness (QED) is 0.578. The highest BCUT2D eigenvalue weighted by atomic mass is 32.2. The fourth-order valence-electron chi connectivity index (χ4n) is 2.16. The van der Waals surface area contributed by atoms with Gasteiger partial charge in [0.2, 0.25) is 5.91 Å². The molecule has 0 heterocycles. The van der Waals surface area contributed by atoms with E-state index in [1.807, 2.05) is 25.1 Å². The first kappa shape index (κ1) is 19.8. The van der Waals surface area contributed by atoms with Crippen molar-refractivity contribution >= 4 is 23.6 Å². The van der Waals surface area contributed by atoms with E-state index in [4.69, 9.17) is 4.74 Å². The standard InChI is InChI=1S/C20H24N2O3S/c1-14-5-4-6-17(11-14)25-13-20(24)22-21-19(23)9-10-26-18-8-7-15(2)16(3)12-18/h4-8,11-12H,9-10,13H2,1-3H3,(H,21,23)(H,22,24). The van der Waals surface area contributed by atoms with Crippen LogP contribution < -0.4 is 15.6 Å². The highest BCUT2D eigenvalue weighted by Gasteiger charge is 2.06. The first-order valence-corrected chi connectivity index (χ1v) is 9.40. The minimum atomic E-state index is -0.401. The van der Waals surface area contributed by atoms with Crippen molar-refractivity contribution in [3.05, 3.63) is 59.2 Å². The number of carbonyl (C=O) groups excluding carboxylic acids is 2. The maximum atomic E-state index is 11.8. The summed E-state index contributed by atoms with van der Waals surface area (Å²) in [5.41, 5.74) is 8.31. The second kappa shape index (κ2) is 9.87. The second-order valence-corrected chi connectivity index (χ2v) is 7.21. The predicted octanol–water partition coefficient (Wildman–Crippen LogP) is 3.32. The summed E-state index contributed by atoms with van der Waals surface area (Å²) in [5, 5.41) is 0. The van der Waals surface area contributed by atoms with Crippen LogP contribution in [0.3, 0.4) is 0 Å². The molecule has 0 aliphatic rings. The van der Waals surface area contributed by atoms with Crippen molar-refractivity contribution in [2.24, 2.45) is 0 Å². The topological polar surface area (TPSA) is 67.4 Å². The Balaban J connectivity index is 1.63. The Bertz CT molecular complexity index is 777. The van der Waals surface area contributed by atoms with Crippen LogP contribution in [0.15, 0.2) is 47.4 Å². The van der Waals surface area contributed by atoms with Crippen LogP contribution in [0.4, 0.5) is 0 Å². The lowest BCUT2D eigenvalue weighted by Gasteiger charge is -2.09. The van der Waals surface area contributed by atoms with Gasteiger partial charge in [0.1, 0.15) is 5.75 Å². The van der Waals surface area contributed by atoms with Gasteiger partial charge in [0.05, 0.1) is 0 Å². The number of hydrogen-bond donors (Lipinski definition) is 2. The third kappa shape index (κ3) is 6.80. The van der Waals surface area contributed by atoms with Crippen LogP contribution in [-0.2, 0) is 9.59 Å². The van der Waals surface area contributed by atoms with Gasteiger partial charge in [0.15, 0.2) is 6.61 Å². The normalized spacial score (nSPS) is 10.3. The van der Waals surface area contributed by atoms with Crippen LogP contribution in [-0.4, -0.2) is 24.2 Å². The lowest BCUT2D eigenvalue weighted by molar-refractivity contribution is -0.129. The average molecular weight is 372 g/mol. The summed E-state index contributed by atoms with van der Waals surface area (Å²) in [6, 6.07) is 13.7. The molecule has 0 unspecified atom stereocenters. The molecule has 0 radical (unpaired) electrons. The Morgan fingerprint density at radius 1 is 0.962 bits per heavy atom. The number of thioether (sulfide) groups is 1. The summed E-state index contributed by atoms with van der Waals surface area (Å²) in [6.45, 7) is 5.94. The van der Waals surface area contributed by atoms with Crippen molar-refractivity contribution in [3.63, 3.8) is 0 Å². The molecular weight excluding hydrogens is 348 g/mol. The first-order valence-electron chi connectivity index (χ1n) is 8.41. The Morgan fingerprint density at radius 3 is 2.46 bits per heavy atom. The van der Waals surface area contributed by atoms with Gasteiger partial charge in [-0.2, -0.15) is 0 Å². The third-order valence-corrected chi connectivity index (χ3v) is 4.77. The van der Waals surface area contributed by atoms with Gasteiger partial charge < -0.3 is 4.74 Å². The Morgan fingerprint density at radius 2 is 1.73 bits per heavy atom. The fourth-order valence-corrected chi connectivity index (χ4v) is 3.10. The summed E-state index contributed by atoms with van der Waals surface area (Å²) >= 11 is 1.62. The summed E-state index contributed by atoms with van der Waals surface area (Å²) < 4.78 is 5.37. The van der Waals surface area contributed by atoms with Crippen molar-refractivity contribution in [1.29, 1.82) is 0 Å². The van der Waals surface area contributed by atoms with Crippen LogP contribution in [0.1, 0.15) is 23.1 Å². The van der Waals surface area contributed by atoms with E-state index in [9.17, 15) is 9.59 Å². The first-order chi connectivity index (χ1) is 12.4. The van der Waals surface area contributed by atoms with Crippen molar-refractivity contribution in [1.82, 2.24) is 10.9 Å². The molecule has 0 atom stereocenters. The van der Waals surface area contributed by atoms with Crippen LogP contribution >= 0.6 is 11.8 Å². The summed E-state index contributed by atoms with van der Waals surface area (Å²) in [4.78, 5) is 24.6. The summed E-state index contributed by atoms with van der Waals surface area (Å²) in [5.74, 6) is 0.632. The number of ether oxygens (including phenoxy) is 1. The molecule has 2 N–H and O–H groups in total. The van der Waals surface area contributed by atoms with Gasteiger partial charge in [0.25, 0.3) is 5.91 Å². The molecule has 2 aromatic carbocycles. The van der Waals surface area contributed by atoms with Gasteiger partial charge in [-0.25, -0.2) is 0 Å². The molecule has 0 fully saturated rings. The van der Waals surface area contributed by atoms with Crippen LogP contribution in [0, 0.1) is 20.8 Å². The molecule has 0 spiro atoms. The number of carbonyl (C=O) groups is 2. The van der Waals surface area contributed by atoms with E-state index >= 15 is 0 Å². The monoisotopic (exact) mass is 372 g/mol. The molecule has 0 aromatic heterocycles. The van der Waals surface area contributed by atoms with Gasteiger partial charge in [-0.05, 0) is 61.7 Å². The molecule has 26 heavy (non-hydrogen) atoms. The maximum Gasteiger partial charge on any atom is 0.276 e. The molecule has 6 heteroatoms. The van der Waals surface area contributed by atoms with Gasteiger partial charge in [-0.1, -0.05) is 18.2 Å². The number of rotatable bonds is 7. The highest BCUT2D eigenvalue weighted by molar-refractivity contribution is 7.99. The summed E-state index contributed by atoms with van der Waals surface area (Å²) in [7, 11) is 0. The zero-order valence-corrected chi connectivity index (χ0v) is 16.1. The van der Waals surface area contributed by atoms with Gasteiger partial charge in [0, 0.05) is 17.1 Å². The molecule has 0 bridgehead atoms. The molecule has 2 amide bonds. The zero-order valence-electron chi connectivity index (χ0n) is 15.3. The fraction of sp³-hybridized carbons (Fsp3) is 0.300. The molecular formula is C20H24N2O3S. The Labute approximate surface area is 158 Å². The van der Waals surface area contributed by atoms with Crippen LogP contribution in [0.5, 0.6) is 5.75 Å². The summed E-state index contributed by atoms with van der Waals surface area (Å²) in [6.07, 6.45) is 0.316. The Hall–Kier alpha value is -2.47. The minimum Gasteiger partial charge on any atom is -0.484 e. The third-order valence-electron chi connectivity index (χ3n) is 3.78. The number of hydrazine groups is 1. The lowest BCUT2D eigenvalue weighted by atomic mass is 10.1. The van der Waals surface area contributed by atoms with Crippen molar-refractivity contribution < 1.29 is 14.3 Å². The van der Waals surface area contributed by atoms with Gasteiger partial charge in [-0.15, -0.1) is 11.8 Å². The molecule has 5 nitrogen and oxygen atoms in total. The minimum absolute atomic E-state index is 0.152. The highest BCUT2D eigenvalue weighted by Crippen LogP contribution is 2.21.